The zero-order valence-electron chi connectivity index (χ0n) is 11.6. The van der Waals surface area contributed by atoms with Gasteiger partial charge in [0.1, 0.15) is 18.2 Å². The van der Waals surface area contributed by atoms with Crippen molar-refractivity contribution in [2.24, 2.45) is 5.11 Å². The number of carbonyl (C=O) groups is 2. The van der Waals surface area contributed by atoms with Gasteiger partial charge in [0.25, 0.3) is 5.91 Å². The van der Waals surface area contributed by atoms with Gasteiger partial charge in [0.15, 0.2) is 0 Å². The van der Waals surface area contributed by atoms with Crippen molar-refractivity contribution in [1.82, 2.24) is 5.06 Å². The maximum Gasteiger partial charge on any atom is 0.308 e. The Kier molecular flexibility index (Phi) is 5.32. The van der Waals surface area contributed by atoms with Gasteiger partial charge in [-0.05, 0) is 26.3 Å². The number of aliphatic hydroxyl groups excluding tert-OH is 1. The summed E-state index contributed by atoms with van der Waals surface area (Å²) in [5.41, 5.74) is 7.74. The molecule has 1 fully saturated rings. The second-order valence-electron chi connectivity index (χ2n) is 5.29. The predicted molar refractivity (Wildman–Crippen MR) is 67.1 cm³/mol. The van der Waals surface area contributed by atoms with Crippen molar-refractivity contribution in [3.05, 3.63) is 10.4 Å². The molecule has 9 nitrogen and oxygen atoms in total. The van der Waals surface area contributed by atoms with Gasteiger partial charge in [0, 0.05) is 4.91 Å². The van der Waals surface area contributed by atoms with Crippen LogP contribution in [0.3, 0.4) is 0 Å². The molecule has 0 spiro atoms. The first-order valence-corrected chi connectivity index (χ1v) is 6.13. The fourth-order valence-corrected chi connectivity index (χ4v) is 1.58. The van der Waals surface area contributed by atoms with Crippen molar-refractivity contribution < 1.29 is 24.3 Å². The van der Waals surface area contributed by atoms with Crippen molar-refractivity contribution >= 4 is 11.9 Å². The summed E-state index contributed by atoms with van der Waals surface area (Å²) in [6, 6.07) is -1.23. The number of hydrogen-bond donors (Lipinski definition) is 1. The van der Waals surface area contributed by atoms with E-state index in [1.165, 1.54) is 0 Å². The van der Waals surface area contributed by atoms with E-state index < -0.39 is 29.6 Å². The molecule has 20 heavy (non-hydrogen) atoms. The third kappa shape index (κ3) is 4.69. The Morgan fingerprint density at radius 2 is 2.30 bits per heavy atom. The highest BCUT2D eigenvalue weighted by Crippen LogP contribution is 2.15. The Hall–Kier alpha value is -1.83. The molecule has 112 valence electrons. The highest BCUT2D eigenvalue weighted by molar-refractivity contribution is 5.83. The lowest BCUT2D eigenvalue weighted by molar-refractivity contribution is -0.218. The lowest BCUT2D eigenvalue weighted by Crippen LogP contribution is -2.52. The van der Waals surface area contributed by atoms with Crippen LogP contribution in [0.4, 0.5) is 0 Å². The number of amides is 1. The molecule has 1 aliphatic rings. The van der Waals surface area contributed by atoms with E-state index in [1.54, 1.807) is 20.8 Å². The van der Waals surface area contributed by atoms with Gasteiger partial charge < -0.3 is 9.84 Å². The maximum atomic E-state index is 11.8. The molecule has 9 heteroatoms. The first-order valence-electron chi connectivity index (χ1n) is 6.13. The number of esters is 1. The van der Waals surface area contributed by atoms with Crippen LogP contribution in [-0.4, -0.2) is 52.9 Å². The molecule has 1 aliphatic heterocycles. The third-order valence-corrected chi connectivity index (χ3v) is 2.38. The minimum Gasteiger partial charge on any atom is -0.460 e. The standard InChI is InChI=1S/C11H18N4O5/c1-11(2,3)20-8(17)4-5-15-10(18)9(13-14-12)7(16)6-19-15/h7,9,16H,4-6H2,1-3H3/t7-,9-/m0/s1. The number of carbonyl (C=O) groups excluding carboxylic acids is 2. The number of hydrogen-bond acceptors (Lipinski definition) is 6. The average molecular weight is 286 g/mol. The molecule has 1 amide bonds. The van der Waals surface area contributed by atoms with E-state index in [9.17, 15) is 14.7 Å². The fourth-order valence-electron chi connectivity index (χ4n) is 1.58. The molecule has 0 aliphatic carbocycles. The van der Waals surface area contributed by atoms with E-state index in [-0.39, 0.29) is 19.6 Å². The molecule has 0 aromatic heterocycles. The molecular weight excluding hydrogens is 268 g/mol. The molecule has 0 saturated carbocycles. The summed E-state index contributed by atoms with van der Waals surface area (Å²) >= 11 is 0. The van der Waals surface area contributed by atoms with E-state index >= 15 is 0 Å². The molecule has 0 aromatic rings. The molecule has 0 bridgehead atoms. The van der Waals surface area contributed by atoms with Crippen LogP contribution >= 0.6 is 0 Å². The largest absolute Gasteiger partial charge is 0.460 e. The van der Waals surface area contributed by atoms with Crippen LogP contribution in [-0.2, 0) is 19.2 Å². The second kappa shape index (κ2) is 6.56. The zero-order valence-corrected chi connectivity index (χ0v) is 11.6. The quantitative estimate of drug-likeness (QED) is 0.349. The summed E-state index contributed by atoms with van der Waals surface area (Å²) in [6.45, 7) is 5.01. The minimum absolute atomic E-state index is 0.0298. The van der Waals surface area contributed by atoms with Crippen LogP contribution in [0.1, 0.15) is 27.2 Å². The highest BCUT2D eigenvalue weighted by Gasteiger charge is 2.36. The number of ether oxygens (including phenoxy) is 1. The number of nitrogens with zero attached hydrogens (tertiary/aromatic N) is 4. The Bertz CT molecular complexity index is 427. The molecule has 0 aromatic carbocycles. The monoisotopic (exact) mass is 286 g/mol. The molecule has 1 heterocycles. The zero-order chi connectivity index (χ0) is 15.3. The van der Waals surface area contributed by atoms with Gasteiger partial charge in [-0.25, -0.2) is 5.06 Å². The predicted octanol–water partition coefficient (Wildman–Crippen LogP) is 0.532. The number of rotatable bonds is 4. The van der Waals surface area contributed by atoms with Gasteiger partial charge in [-0.2, -0.15) is 0 Å². The molecule has 0 unspecified atom stereocenters. The molecular formula is C11H18N4O5. The van der Waals surface area contributed by atoms with Crippen LogP contribution in [0, 0.1) is 0 Å². The van der Waals surface area contributed by atoms with E-state index in [1.807, 2.05) is 0 Å². The van der Waals surface area contributed by atoms with Crippen LogP contribution in [0.15, 0.2) is 5.11 Å². The van der Waals surface area contributed by atoms with Crippen molar-refractivity contribution in [2.75, 3.05) is 13.2 Å². The van der Waals surface area contributed by atoms with Crippen molar-refractivity contribution in [1.29, 1.82) is 0 Å². The molecule has 0 radical (unpaired) electrons. The lowest BCUT2D eigenvalue weighted by atomic mass is 10.1. The molecule has 1 N–H and O–H groups in total. The normalized spacial score (nSPS) is 23.2. The fraction of sp³-hybridized carbons (Fsp3) is 0.818. The van der Waals surface area contributed by atoms with E-state index in [2.05, 4.69) is 10.0 Å². The lowest BCUT2D eigenvalue weighted by Gasteiger charge is -2.32. The molecule has 2 atom stereocenters. The van der Waals surface area contributed by atoms with Crippen LogP contribution in [0.5, 0.6) is 0 Å². The number of aliphatic hydroxyl groups is 1. The Balaban J connectivity index is 2.54. The van der Waals surface area contributed by atoms with Crippen LogP contribution in [0.25, 0.3) is 10.4 Å². The summed E-state index contributed by atoms with van der Waals surface area (Å²) in [5.74, 6) is -1.15. The summed E-state index contributed by atoms with van der Waals surface area (Å²) < 4.78 is 5.10. The first kappa shape index (κ1) is 16.2. The Morgan fingerprint density at radius 1 is 1.65 bits per heavy atom. The minimum atomic E-state index is -1.23. The third-order valence-electron chi connectivity index (χ3n) is 2.38. The van der Waals surface area contributed by atoms with E-state index in [4.69, 9.17) is 15.1 Å². The first-order chi connectivity index (χ1) is 9.24. The molecule has 1 saturated heterocycles. The van der Waals surface area contributed by atoms with Gasteiger partial charge in [-0.1, -0.05) is 5.11 Å². The SMILES string of the molecule is CC(C)(C)OC(=O)CCN1OC[C@H](O)[C@H](N=[N+]=[N-])C1=O. The van der Waals surface area contributed by atoms with Gasteiger partial charge in [0.05, 0.1) is 19.1 Å². The summed E-state index contributed by atoms with van der Waals surface area (Å²) in [6.07, 6.45) is -1.24. The second-order valence-corrected chi connectivity index (χ2v) is 5.29. The van der Waals surface area contributed by atoms with Crippen molar-refractivity contribution in [2.45, 2.75) is 44.9 Å². The van der Waals surface area contributed by atoms with Crippen LogP contribution in [0.2, 0.25) is 0 Å². The number of hydroxylamine groups is 2. The average Bonchev–Trinajstić information content (AvgIpc) is 2.31. The summed E-state index contributed by atoms with van der Waals surface area (Å²) in [7, 11) is 0. The van der Waals surface area contributed by atoms with E-state index in [0.717, 1.165) is 5.06 Å². The topological polar surface area (TPSA) is 125 Å². The van der Waals surface area contributed by atoms with Crippen molar-refractivity contribution in [3.8, 4) is 0 Å². The van der Waals surface area contributed by atoms with E-state index in [0.29, 0.717) is 0 Å². The van der Waals surface area contributed by atoms with Crippen molar-refractivity contribution in [3.63, 3.8) is 0 Å². The van der Waals surface area contributed by atoms with Crippen LogP contribution < -0.4 is 0 Å². The Labute approximate surface area is 116 Å². The highest BCUT2D eigenvalue weighted by atomic mass is 16.7. The smallest absolute Gasteiger partial charge is 0.308 e. The Morgan fingerprint density at radius 3 is 2.85 bits per heavy atom. The molecule has 1 rings (SSSR count). The summed E-state index contributed by atoms with van der Waals surface area (Å²) in [5, 5.41) is 13.6. The van der Waals surface area contributed by atoms with Gasteiger partial charge in [-0.3, -0.25) is 14.4 Å². The maximum absolute atomic E-state index is 11.8. The van der Waals surface area contributed by atoms with Gasteiger partial charge in [-0.15, -0.1) is 0 Å². The summed E-state index contributed by atoms with van der Waals surface area (Å²) in [4.78, 5) is 30.9. The van der Waals surface area contributed by atoms with Gasteiger partial charge >= 0.3 is 5.97 Å². The number of azide groups is 1. The van der Waals surface area contributed by atoms with Gasteiger partial charge in [0.2, 0.25) is 0 Å².